The van der Waals surface area contributed by atoms with Gasteiger partial charge in [0.1, 0.15) is 11.3 Å². The molecule has 1 atom stereocenters. The Morgan fingerprint density at radius 3 is 2.57 bits per heavy atom. The maximum Gasteiger partial charge on any atom is 0.412 e. The molecule has 188 valence electrons. The SMILES string of the molecule is CCOC(=O)Nc1cc(NC(C)CCCN(CC)CC)c2ncc(-c3ccc(Cl)c(Cl)c3)nc2n1. The van der Waals surface area contributed by atoms with Gasteiger partial charge in [0.05, 0.1) is 34.2 Å². The molecule has 2 aromatic heterocycles. The molecule has 0 bridgehead atoms. The fraction of sp³-hybridized carbons (Fsp3) is 0.440. The Labute approximate surface area is 216 Å². The number of carbonyl (C=O) groups excluding carboxylic acids is 1. The number of nitrogens with zero attached hydrogens (tertiary/aromatic N) is 4. The summed E-state index contributed by atoms with van der Waals surface area (Å²) in [6.45, 7) is 11.6. The summed E-state index contributed by atoms with van der Waals surface area (Å²) in [5, 5.41) is 7.09. The summed E-state index contributed by atoms with van der Waals surface area (Å²) >= 11 is 12.2. The van der Waals surface area contributed by atoms with E-state index in [1.807, 2.05) is 6.07 Å². The maximum absolute atomic E-state index is 12.0. The Hall–Kier alpha value is -2.68. The van der Waals surface area contributed by atoms with Gasteiger partial charge in [0.25, 0.3) is 0 Å². The van der Waals surface area contributed by atoms with Gasteiger partial charge in [-0.1, -0.05) is 43.1 Å². The van der Waals surface area contributed by atoms with Crippen molar-refractivity contribution in [1.29, 1.82) is 0 Å². The Morgan fingerprint density at radius 2 is 1.89 bits per heavy atom. The van der Waals surface area contributed by atoms with Crippen LogP contribution in [0.4, 0.5) is 16.3 Å². The van der Waals surface area contributed by atoms with Gasteiger partial charge in [-0.2, -0.15) is 0 Å². The average Bonchev–Trinajstić information content (AvgIpc) is 2.83. The van der Waals surface area contributed by atoms with Gasteiger partial charge < -0.3 is 15.0 Å². The van der Waals surface area contributed by atoms with Crippen LogP contribution in [0, 0.1) is 0 Å². The third-order valence-electron chi connectivity index (χ3n) is 5.65. The highest BCUT2D eigenvalue weighted by Crippen LogP contribution is 2.30. The second-order valence-electron chi connectivity index (χ2n) is 8.17. The van der Waals surface area contributed by atoms with Crippen molar-refractivity contribution < 1.29 is 9.53 Å². The molecule has 0 aliphatic rings. The minimum absolute atomic E-state index is 0.183. The second kappa shape index (κ2) is 12.9. The number of pyridine rings is 1. The quantitative estimate of drug-likeness (QED) is 0.299. The third-order valence-corrected chi connectivity index (χ3v) is 6.38. The first kappa shape index (κ1) is 26.9. The number of halogens is 2. The van der Waals surface area contributed by atoms with Crippen molar-refractivity contribution in [2.75, 3.05) is 36.9 Å². The third kappa shape index (κ3) is 7.40. The second-order valence-corrected chi connectivity index (χ2v) is 8.99. The summed E-state index contributed by atoms with van der Waals surface area (Å²) in [5.41, 5.74) is 3.10. The van der Waals surface area contributed by atoms with Gasteiger partial charge in [-0.05, 0) is 58.5 Å². The molecular weight excluding hydrogens is 487 g/mol. The van der Waals surface area contributed by atoms with Crippen LogP contribution in [-0.4, -0.2) is 58.2 Å². The highest BCUT2D eigenvalue weighted by molar-refractivity contribution is 6.42. The van der Waals surface area contributed by atoms with E-state index in [0.717, 1.165) is 43.7 Å². The number of amides is 1. The Kier molecular flexibility index (Phi) is 9.89. The number of hydrogen-bond acceptors (Lipinski definition) is 7. The number of rotatable bonds is 11. The van der Waals surface area contributed by atoms with E-state index in [-0.39, 0.29) is 12.6 Å². The largest absolute Gasteiger partial charge is 0.450 e. The number of anilines is 2. The zero-order chi connectivity index (χ0) is 25.4. The minimum atomic E-state index is -0.578. The summed E-state index contributed by atoms with van der Waals surface area (Å²) in [5.74, 6) is 0.328. The van der Waals surface area contributed by atoms with Gasteiger partial charge in [0.15, 0.2) is 5.65 Å². The topological polar surface area (TPSA) is 92.3 Å². The summed E-state index contributed by atoms with van der Waals surface area (Å²) in [7, 11) is 0. The zero-order valence-electron chi connectivity index (χ0n) is 20.6. The number of carbonyl (C=O) groups is 1. The molecule has 0 aliphatic heterocycles. The van der Waals surface area contributed by atoms with Crippen molar-refractivity contribution in [2.24, 2.45) is 0 Å². The molecule has 10 heteroatoms. The van der Waals surface area contributed by atoms with Crippen LogP contribution in [0.3, 0.4) is 0 Å². The van der Waals surface area contributed by atoms with Crippen LogP contribution in [0.1, 0.15) is 40.5 Å². The van der Waals surface area contributed by atoms with E-state index in [9.17, 15) is 4.79 Å². The number of benzene rings is 1. The summed E-state index contributed by atoms with van der Waals surface area (Å²) in [4.78, 5) is 28.3. The van der Waals surface area contributed by atoms with Crippen LogP contribution in [0.5, 0.6) is 0 Å². The van der Waals surface area contributed by atoms with Gasteiger partial charge >= 0.3 is 6.09 Å². The van der Waals surface area contributed by atoms with Crippen molar-refractivity contribution in [1.82, 2.24) is 19.9 Å². The molecule has 0 fully saturated rings. The van der Waals surface area contributed by atoms with Gasteiger partial charge in [0, 0.05) is 17.7 Å². The fourth-order valence-electron chi connectivity index (χ4n) is 3.74. The number of hydrogen-bond donors (Lipinski definition) is 2. The number of fused-ring (bicyclic) bond motifs is 1. The highest BCUT2D eigenvalue weighted by atomic mass is 35.5. The van der Waals surface area contributed by atoms with E-state index in [1.54, 1.807) is 31.3 Å². The molecule has 1 unspecified atom stereocenters. The lowest BCUT2D eigenvalue weighted by molar-refractivity contribution is 0.168. The molecule has 3 rings (SSSR count). The summed E-state index contributed by atoms with van der Waals surface area (Å²) in [6, 6.07) is 7.21. The van der Waals surface area contributed by atoms with Crippen LogP contribution in [-0.2, 0) is 4.74 Å². The average molecular weight is 519 g/mol. The van der Waals surface area contributed by atoms with Crippen LogP contribution >= 0.6 is 23.2 Å². The highest BCUT2D eigenvalue weighted by Gasteiger charge is 2.15. The molecule has 8 nitrogen and oxygen atoms in total. The molecule has 1 aromatic carbocycles. The van der Waals surface area contributed by atoms with Gasteiger partial charge in [0.2, 0.25) is 0 Å². The normalized spacial score (nSPS) is 12.1. The number of aromatic nitrogens is 3. The lowest BCUT2D eigenvalue weighted by Crippen LogP contribution is -2.25. The van der Waals surface area contributed by atoms with Crippen LogP contribution < -0.4 is 10.6 Å². The molecule has 0 spiro atoms. The maximum atomic E-state index is 12.0. The molecule has 0 aliphatic carbocycles. The van der Waals surface area contributed by atoms with Gasteiger partial charge in [-0.25, -0.2) is 19.7 Å². The van der Waals surface area contributed by atoms with Crippen LogP contribution in [0.25, 0.3) is 22.4 Å². The molecule has 0 saturated carbocycles. The molecule has 0 saturated heterocycles. The fourth-order valence-corrected chi connectivity index (χ4v) is 4.04. The molecule has 1 amide bonds. The molecule has 35 heavy (non-hydrogen) atoms. The Bertz CT molecular complexity index is 1160. The Balaban J connectivity index is 1.90. The van der Waals surface area contributed by atoms with E-state index in [1.165, 1.54) is 0 Å². The van der Waals surface area contributed by atoms with Crippen molar-refractivity contribution in [2.45, 2.75) is 46.6 Å². The lowest BCUT2D eigenvalue weighted by Gasteiger charge is -2.21. The summed E-state index contributed by atoms with van der Waals surface area (Å²) < 4.78 is 5.01. The van der Waals surface area contributed by atoms with E-state index in [2.05, 4.69) is 46.3 Å². The molecule has 3 aromatic rings. The number of ether oxygens (including phenoxy) is 1. The zero-order valence-corrected chi connectivity index (χ0v) is 22.1. The van der Waals surface area contributed by atoms with E-state index in [4.69, 9.17) is 32.9 Å². The minimum Gasteiger partial charge on any atom is -0.450 e. The van der Waals surface area contributed by atoms with Crippen LogP contribution in [0.15, 0.2) is 30.5 Å². The van der Waals surface area contributed by atoms with E-state index in [0.29, 0.717) is 32.7 Å². The number of nitrogens with one attached hydrogen (secondary N) is 2. The molecular formula is C25H32Cl2N6O2. The van der Waals surface area contributed by atoms with Crippen molar-refractivity contribution in [3.05, 3.63) is 40.5 Å². The van der Waals surface area contributed by atoms with E-state index < -0.39 is 6.09 Å². The predicted molar refractivity (Wildman–Crippen MR) is 144 cm³/mol. The van der Waals surface area contributed by atoms with E-state index >= 15 is 0 Å². The first-order valence-electron chi connectivity index (χ1n) is 11.9. The van der Waals surface area contributed by atoms with Gasteiger partial charge in [-0.15, -0.1) is 0 Å². The first-order chi connectivity index (χ1) is 16.8. The van der Waals surface area contributed by atoms with Crippen LogP contribution in [0.2, 0.25) is 10.0 Å². The van der Waals surface area contributed by atoms with Gasteiger partial charge in [-0.3, -0.25) is 5.32 Å². The molecule has 2 N–H and O–H groups in total. The molecule has 2 heterocycles. The smallest absolute Gasteiger partial charge is 0.412 e. The predicted octanol–water partition coefficient (Wildman–Crippen LogP) is 6.49. The summed E-state index contributed by atoms with van der Waals surface area (Å²) in [6.07, 6.45) is 3.15. The lowest BCUT2D eigenvalue weighted by atomic mass is 10.1. The standard InChI is InChI=1S/C25H32Cl2N6O2/c1-5-33(6-2)12-8-9-16(4)29-20-14-22(32-25(34)35-7-3)31-24-23(20)28-15-21(30-24)17-10-11-18(26)19(27)13-17/h10-11,13-16H,5-9,12H2,1-4H3,(H2,29,30,31,32,34). The monoisotopic (exact) mass is 518 g/mol. The Morgan fingerprint density at radius 1 is 1.11 bits per heavy atom. The van der Waals surface area contributed by atoms with Crippen molar-refractivity contribution in [3.8, 4) is 11.3 Å². The first-order valence-corrected chi connectivity index (χ1v) is 12.7. The van der Waals surface area contributed by atoms with Crippen molar-refractivity contribution >= 4 is 52.0 Å². The van der Waals surface area contributed by atoms with Crippen molar-refractivity contribution in [3.63, 3.8) is 0 Å². The molecule has 0 radical (unpaired) electrons.